The molecule has 1 saturated carbocycles. The first-order chi connectivity index (χ1) is 11.6. The molecule has 1 aliphatic carbocycles. The fourth-order valence-electron chi connectivity index (χ4n) is 4.84. The van der Waals surface area contributed by atoms with Crippen LogP contribution in [-0.4, -0.2) is 42.2 Å². The molecule has 0 radical (unpaired) electrons. The van der Waals surface area contributed by atoms with Crippen molar-refractivity contribution in [3.8, 4) is 0 Å². The van der Waals surface area contributed by atoms with Gasteiger partial charge in [0, 0.05) is 30.2 Å². The van der Waals surface area contributed by atoms with Crippen LogP contribution in [0.25, 0.3) is 0 Å². The normalized spacial score (nSPS) is 27.7. The quantitative estimate of drug-likeness (QED) is 0.781. The lowest BCUT2D eigenvalue weighted by molar-refractivity contribution is 0.236. The van der Waals surface area contributed by atoms with Crippen molar-refractivity contribution in [2.24, 2.45) is 0 Å². The second-order valence-electron chi connectivity index (χ2n) is 7.94. The van der Waals surface area contributed by atoms with Crippen LogP contribution in [0.4, 0.5) is 5.69 Å². The molecule has 0 bridgehead atoms. The number of piperidine rings is 1. The van der Waals surface area contributed by atoms with E-state index in [0.29, 0.717) is 18.0 Å². The summed E-state index contributed by atoms with van der Waals surface area (Å²) in [5.74, 6) is 0.588. The molecular formula is C20H29N3S. The van der Waals surface area contributed by atoms with Gasteiger partial charge in [0.05, 0.1) is 0 Å². The van der Waals surface area contributed by atoms with E-state index in [1.807, 2.05) is 0 Å². The van der Waals surface area contributed by atoms with Crippen LogP contribution >= 0.6 is 12.2 Å². The van der Waals surface area contributed by atoms with Gasteiger partial charge in [0.25, 0.3) is 0 Å². The summed E-state index contributed by atoms with van der Waals surface area (Å²) in [7, 11) is 2.24. The van der Waals surface area contributed by atoms with Crippen LogP contribution in [0.2, 0.25) is 0 Å². The second-order valence-corrected chi connectivity index (χ2v) is 8.33. The van der Waals surface area contributed by atoms with Gasteiger partial charge in [-0.25, -0.2) is 0 Å². The van der Waals surface area contributed by atoms with E-state index < -0.39 is 0 Å². The summed E-state index contributed by atoms with van der Waals surface area (Å²) >= 11 is 5.90. The van der Waals surface area contributed by atoms with E-state index in [1.165, 1.54) is 55.3 Å². The number of likely N-dealkylation sites (N-methyl/N-ethyl adjacent to an activating group) is 1. The number of hydrogen-bond donors (Lipinski definition) is 1. The lowest BCUT2D eigenvalue weighted by atomic mass is 9.89. The number of rotatable bonds is 1. The van der Waals surface area contributed by atoms with Crippen molar-refractivity contribution in [3.05, 3.63) is 29.3 Å². The standard InChI is InChI=1S/C20H29N3S/c1-14-8-9-18-16(12-14)17-13-22(2)11-10-19(17)23(18)20(24)21-15-6-4-3-5-7-15/h8-9,12,15,17,19H,3-7,10-11,13H2,1-2H3,(H,21,24)/t17-,19+/m0/s1. The van der Waals surface area contributed by atoms with E-state index in [0.717, 1.165) is 18.2 Å². The number of likely N-dealkylation sites (tertiary alicyclic amines) is 1. The van der Waals surface area contributed by atoms with E-state index in [-0.39, 0.29) is 0 Å². The molecule has 1 saturated heterocycles. The molecule has 2 atom stereocenters. The van der Waals surface area contributed by atoms with Crippen molar-refractivity contribution in [1.82, 2.24) is 10.2 Å². The van der Waals surface area contributed by atoms with Crippen molar-refractivity contribution < 1.29 is 0 Å². The molecule has 1 aromatic carbocycles. The smallest absolute Gasteiger partial charge is 0.173 e. The van der Waals surface area contributed by atoms with Crippen LogP contribution in [0.5, 0.6) is 0 Å². The van der Waals surface area contributed by atoms with Gasteiger partial charge in [0.1, 0.15) is 0 Å². The molecule has 130 valence electrons. The number of anilines is 1. The Hall–Kier alpha value is -1.13. The third-order valence-electron chi connectivity index (χ3n) is 6.10. The molecule has 0 spiro atoms. The first kappa shape index (κ1) is 16.3. The molecule has 2 aliphatic heterocycles. The minimum Gasteiger partial charge on any atom is -0.360 e. The van der Waals surface area contributed by atoms with E-state index in [4.69, 9.17) is 12.2 Å². The molecule has 24 heavy (non-hydrogen) atoms. The van der Waals surface area contributed by atoms with Gasteiger partial charge in [-0.1, -0.05) is 37.0 Å². The Balaban J connectivity index is 1.60. The Morgan fingerprint density at radius 2 is 1.96 bits per heavy atom. The van der Waals surface area contributed by atoms with Crippen molar-refractivity contribution >= 4 is 23.0 Å². The first-order valence-corrected chi connectivity index (χ1v) is 9.93. The number of benzene rings is 1. The number of nitrogens with zero attached hydrogens (tertiary/aromatic N) is 2. The zero-order valence-electron chi connectivity index (χ0n) is 14.9. The minimum atomic E-state index is 0.529. The number of aryl methyl sites for hydroxylation is 1. The van der Waals surface area contributed by atoms with Crippen molar-refractivity contribution in [2.75, 3.05) is 25.0 Å². The Kier molecular flexibility index (Phi) is 4.52. The van der Waals surface area contributed by atoms with E-state index >= 15 is 0 Å². The summed E-state index contributed by atoms with van der Waals surface area (Å²) < 4.78 is 0. The zero-order valence-corrected chi connectivity index (χ0v) is 15.7. The maximum absolute atomic E-state index is 5.90. The summed E-state index contributed by atoms with van der Waals surface area (Å²) in [5, 5.41) is 4.67. The first-order valence-electron chi connectivity index (χ1n) is 9.52. The zero-order chi connectivity index (χ0) is 16.7. The van der Waals surface area contributed by atoms with Crippen LogP contribution in [0.15, 0.2) is 18.2 Å². The summed E-state index contributed by atoms with van der Waals surface area (Å²) in [6.07, 6.45) is 7.80. The van der Waals surface area contributed by atoms with Crippen molar-refractivity contribution in [3.63, 3.8) is 0 Å². The van der Waals surface area contributed by atoms with Gasteiger partial charge >= 0.3 is 0 Å². The molecule has 0 amide bonds. The molecular weight excluding hydrogens is 314 g/mol. The highest BCUT2D eigenvalue weighted by Gasteiger charge is 2.43. The Morgan fingerprint density at radius 3 is 2.75 bits per heavy atom. The molecule has 3 nitrogen and oxygen atoms in total. The van der Waals surface area contributed by atoms with E-state index in [1.54, 1.807) is 0 Å². The number of hydrogen-bond acceptors (Lipinski definition) is 2. The molecule has 0 unspecified atom stereocenters. The van der Waals surface area contributed by atoms with Crippen LogP contribution in [-0.2, 0) is 0 Å². The van der Waals surface area contributed by atoms with Gasteiger partial charge in [-0.2, -0.15) is 0 Å². The lowest BCUT2D eigenvalue weighted by Crippen LogP contribution is -2.52. The topological polar surface area (TPSA) is 18.5 Å². The van der Waals surface area contributed by atoms with Crippen LogP contribution < -0.4 is 10.2 Å². The highest BCUT2D eigenvalue weighted by Crippen LogP contribution is 2.45. The summed E-state index contributed by atoms with van der Waals surface area (Å²) in [6.45, 7) is 4.50. The fraction of sp³-hybridized carbons (Fsp3) is 0.650. The van der Waals surface area contributed by atoms with Crippen LogP contribution in [0, 0.1) is 6.92 Å². The van der Waals surface area contributed by atoms with Gasteiger partial charge in [-0.05, 0) is 63.6 Å². The van der Waals surface area contributed by atoms with Crippen molar-refractivity contribution in [1.29, 1.82) is 0 Å². The van der Waals surface area contributed by atoms with Gasteiger partial charge in [-0.3, -0.25) is 0 Å². The summed E-state index contributed by atoms with van der Waals surface area (Å²) in [5.41, 5.74) is 4.20. The third-order valence-corrected chi connectivity index (χ3v) is 6.42. The Morgan fingerprint density at radius 1 is 1.17 bits per heavy atom. The monoisotopic (exact) mass is 343 g/mol. The van der Waals surface area contributed by atoms with Gasteiger partial charge in [0.2, 0.25) is 0 Å². The Labute approximate surface area is 151 Å². The predicted octanol–water partition coefficient (Wildman–Crippen LogP) is 3.81. The molecule has 0 aromatic heterocycles. The molecule has 1 N–H and O–H groups in total. The molecule has 3 aliphatic rings. The second kappa shape index (κ2) is 6.64. The third kappa shape index (κ3) is 2.95. The molecule has 2 heterocycles. The van der Waals surface area contributed by atoms with Crippen LogP contribution in [0.3, 0.4) is 0 Å². The molecule has 2 fully saturated rings. The maximum Gasteiger partial charge on any atom is 0.173 e. The van der Waals surface area contributed by atoms with Crippen molar-refractivity contribution in [2.45, 2.75) is 63.5 Å². The van der Waals surface area contributed by atoms with E-state index in [9.17, 15) is 0 Å². The van der Waals surface area contributed by atoms with Gasteiger partial charge in [-0.15, -0.1) is 0 Å². The minimum absolute atomic E-state index is 0.529. The number of thiocarbonyl (C=S) groups is 1. The number of fused-ring (bicyclic) bond motifs is 3. The molecule has 1 aromatic rings. The Bertz CT molecular complexity index is 623. The fourth-order valence-corrected chi connectivity index (χ4v) is 5.24. The molecule has 4 heteroatoms. The average molecular weight is 344 g/mol. The highest BCUT2D eigenvalue weighted by atomic mass is 32.1. The lowest BCUT2D eigenvalue weighted by Gasteiger charge is -2.38. The summed E-state index contributed by atoms with van der Waals surface area (Å²) in [6, 6.07) is 8.01. The highest BCUT2D eigenvalue weighted by molar-refractivity contribution is 7.80. The van der Waals surface area contributed by atoms with Gasteiger partial charge in [0.15, 0.2) is 5.11 Å². The van der Waals surface area contributed by atoms with E-state index in [2.05, 4.69) is 47.3 Å². The average Bonchev–Trinajstić information content (AvgIpc) is 2.89. The number of nitrogens with one attached hydrogen (secondary N) is 1. The van der Waals surface area contributed by atoms with Crippen LogP contribution in [0.1, 0.15) is 55.6 Å². The predicted molar refractivity (Wildman–Crippen MR) is 105 cm³/mol. The summed E-state index contributed by atoms with van der Waals surface area (Å²) in [4.78, 5) is 4.92. The molecule has 4 rings (SSSR count). The maximum atomic E-state index is 5.90. The SMILES string of the molecule is Cc1ccc2c(c1)[C@@H]1CN(C)CC[C@H]1N2C(=S)NC1CCCCC1. The largest absolute Gasteiger partial charge is 0.360 e. The van der Waals surface area contributed by atoms with Gasteiger partial charge < -0.3 is 15.1 Å².